The van der Waals surface area contributed by atoms with Crippen molar-refractivity contribution in [3.63, 3.8) is 0 Å². The molecule has 2 aromatic heterocycles. The SMILES string of the molecule is C=Cc1cccc(-c2cc3ncnc(N4CC5CCC(C4)N5C(=O)C4CC(=O)O4)c3cn2)c1/C=C\C.CS. The zero-order valence-corrected chi connectivity index (χ0v) is 22.5. The number of allylic oxidation sites excluding steroid dienone is 1. The number of benzene rings is 1. The number of esters is 1. The minimum absolute atomic E-state index is 0.0562. The van der Waals surface area contributed by atoms with Gasteiger partial charge >= 0.3 is 5.97 Å². The molecule has 196 valence electrons. The molecule has 3 fully saturated rings. The molecule has 3 aliphatic rings. The van der Waals surface area contributed by atoms with Crippen LogP contribution in [-0.2, 0) is 14.3 Å². The van der Waals surface area contributed by atoms with Crippen LogP contribution in [0.2, 0.25) is 0 Å². The fourth-order valence-corrected chi connectivity index (χ4v) is 5.72. The second-order valence-electron chi connectivity index (χ2n) is 9.51. The van der Waals surface area contributed by atoms with E-state index in [-0.39, 0.29) is 30.4 Å². The maximum atomic E-state index is 12.9. The molecule has 0 aliphatic carbocycles. The molecule has 3 aliphatic heterocycles. The van der Waals surface area contributed by atoms with Crippen LogP contribution in [0.15, 0.2) is 49.4 Å². The van der Waals surface area contributed by atoms with E-state index in [1.165, 1.54) is 0 Å². The number of ether oxygens (including phenoxy) is 1. The third-order valence-electron chi connectivity index (χ3n) is 7.41. The maximum Gasteiger partial charge on any atom is 0.310 e. The number of carbonyl (C=O) groups is 2. The smallest absolute Gasteiger partial charge is 0.310 e. The number of piperazine rings is 1. The molecule has 2 bridgehead atoms. The number of carbonyl (C=O) groups excluding carboxylic acids is 2. The molecule has 9 heteroatoms. The summed E-state index contributed by atoms with van der Waals surface area (Å²) in [6, 6.07) is 8.29. The van der Waals surface area contributed by atoms with Crippen molar-refractivity contribution in [1.29, 1.82) is 0 Å². The highest BCUT2D eigenvalue weighted by molar-refractivity contribution is 7.79. The molecule has 1 aromatic carbocycles. The molecule has 3 atom stereocenters. The van der Waals surface area contributed by atoms with Crippen LogP contribution in [0.5, 0.6) is 0 Å². The van der Waals surface area contributed by atoms with Crippen LogP contribution < -0.4 is 4.90 Å². The Balaban J connectivity index is 0.00000144. The van der Waals surface area contributed by atoms with Crippen molar-refractivity contribution < 1.29 is 14.3 Å². The Morgan fingerprint density at radius 3 is 2.55 bits per heavy atom. The molecule has 0 saturated carbocycles. The molecule has 0 N–H and O–H groups in total. The minimum atomic E-state index is -0.610. The summed E-state index contributed by atoms with van der Waals surface area (Å²) in [6.07, 6.45) is 12.5. The first-order valence-electron chi connectivity index (χ1n) is 12.8. The first kappa shape index (κ1) is 25.9. The number of fused-ring (bicyclic) bond motifs is 3. The van der Waals surface area contributed by atoms with E-state index in [1.807, 2.05) is 48.4 Å². The molecule has 5 heterocycles. The first-order valence-corrected chi connectivity index (χ1v) is 13.7. The van der Waals surface area contributed by atoms with E-state index in [0.717, 1.165) is 51.9 Å². The molecular formula is C29H31N5O3S. The van der Waals surface area contributed by atoms with E-state index in [2.05, 4.69) is 46.2 Å². The largest absolute Gasteiger partial charge is 0.451 e. The number of hydrogen-bond donors (Lipinski definition) is 1. The molecule has 3 saturated heterocycles. The predicted molar refractivity (Wildman–Crippen MR) is 153 cm³/mol. The summed E-state index contributed by atoms with van der Waals surface area (Å²) in [4.78, 5) is 42.3. The van der Waals surface area contributed by atoms with E-state index >= 15 is 0 Å². The van der Waals surface area contributed by atoms with E-state index in [9.17, 15) is 9.59 Å². The number of pyridine rings is 1. The normalized spacial score (nSPS) is 22.1. The minimum Gasteiger partial charge on any atom is -0.451 e. The van der Waals surface area contributed by atoms with Crippen LogP contribution >= 0.6 is 12.6 Å². The molecular weight excluding hydrogens is 498 g/mol. The fourth-order valence-electron chi connectivity index (χ4n) is 5.72. The highest BCUT2D eigenvalue weighted by atomic mass is 32.1. The number of rotatable bonds is 5. The second-order valence-corrected chi connectivity index (χ2v) is 9.51. The Bertz CT molecular complexity index is 1400. The standard InChI is InChI=1S/C28H27N5O3.CH4S/c1-3-6-20-17(4-2)7-5-8-21(20)23-11-24-22(13-29-23)27(31-16-30-24)32-14-18-9-10-19(15-32)33(18)28(35)25-12-26(34)36-25;1-2/h3-8,11,13,16,18-19,25H,2,9-10,12,14-15H2,1H3;2H,1H3/b6-3-;. The summed E-state index contributed by atoms with van der Waals surface area (Å²) in [5, 5.41) is 0.890. The fraction of sp³-hybridized carbons (Fsp3) is 0.345. The van der Waals surface area contributed by atoms with Gasteiger partial charge in [0, 0.05) is 36.9 Å². The number of anilines is 1. The zero-order valence-electron chi connectivity index (χ0n) is 21.6. The number of amides is 1. The lowest BCUT2D eigenvalue weighted by molar-refractivity contribution is -0.180. The van der Waals surface area contributed by atoms with Gasteiger partial charge in [0.15, 0.2) is 6.10 Å². The molecule has 8 nitrogen and oxygen atoms in total. The Morgan fingerprint density at radius 1 is 1.16 bits per heavy atom. The monoisotopic (exact) mass is 529 g/mol. The van der Waals surface area contributed by atoms with E-state index < -0.39 is 6.10 Å². The number of cyclic esters (lactones) is 1. The van der Waals surface area contributed by atoms with Gasteiger partial charge in [0.1, 0.15) is 12.1 Å². The Kier molecular flexibility index (Phi) is 7.46. The van der Waals surface area contributed by atoms with Crippen LogP contribution in [0.3, 0.4) is 0 Å². The summed E-state index contributed by atoms with van der Waals surface area (Å²) in [7, 11) is 0. The van der Waals surface area contributed by atoms with E-state index in [4.69, 9.17) is 9.72 Å². The van der Waals surface area contributed by atoms with Gasteiger partial charge in [-0.05, 0) is 43.2 Å². The molecule has 38 heavy (non-hydrogen) atoms. The van der Waals surface area contributed by atoms with Gasteiger partial charge in [-0.1, -0.05) is 43.0 Å². The Labute approximate surface area is 227 Å². The molecule has 3 aromatic rings. The Hall–Kier alpha value is -3.72. The van der Waals surface area contributed by atoms with Crippen molar-refractivity contribution in [1.82, 2.24) is 19.9 Å². The van der Waals surface area contributed by atoms with Gasteiger partial charge in [0.2, 0.25) is 0 Å². The maximum absolute atomic E-state index is 12.9. The summed E-state index contributed by atoms with van der Waals surface area (Å²) >= 11 is 3.53. The lowest BCUT2D eigenvalue weighted by Crippen LogP contribution is -2.60. The highest BCUT2D eigenvalue weighted by Crippen LogP contribution is 2.36. The summed E-state index contributed by atoms with van der Waals surface area (Å²) in [6.45, 7) is 7.31. The average molecular weight is 530 g/mol. The van der Waals surface area contributed by atoms with Crippen LogP contribution in [0.4, 0.5) is 5.82 Å². The van der Waals surface area contributed by atoms with Crippen molar-refractivity contribution in [3.8, 4) is 11.3 Å². The van der Waals surface area contributed by atoms with Crippen molar-refractivity contribution >= 4 is 53.4 Å². The number of aromatic nitrogens is 3. The topological polar surface area (TPSA) is 88.5 Å². The summed E-state index contributed by atoms with van der Waals surface area (Å²) < 4.78 is 5.05. The third-order valence-corrected chi connectivity index (χ3v) is 7.41. The van der Waals surface area contributed by atoms with Gasteiger partial charge in [-0.3, -0.25) is 14.6 Å². The molecule has 0 spiro atoms. The van der Waals surface area contributed by atoms with Crippen molar-refractivity contribution in [2.24, 2.45) is 0 Å². The first-order chi connectivity index (χ1) is 18.6. The van der Waals surface area contributed by atoms with Gasteiger partial charge in [-0.25, -0.2) is 9.97 Å². The number of hydrogen-bond acceptors (Lipinski definition) is 8. The number of nitrogens with zero attached hydrogens (tertiary/aromatic N) is 5. The Morgan fingerprint density at radius 2 is 1.89 bits per heavy atom. The van der Waals surface area contributed by atoms with Gasteiger partial charge in [0.25, 0.3) is 5.91 Å². The van der Waals surface area contributed by atoms with Crippen molar-refractivity contribution in [2.45, 2.75) is 44.4 Å². The van der Waals surface area contributed by atoms with Crippen LogP contribution in [0.25, 0.3) is 34.3 Å². The van der Waals surface area contributed by atoms with E-state index in [1.54, 1.807) is 12.6 Å². The zero-order chi connectivity index (χ0) is 26.8. The van der Waals surface area contributed by atoms with Gasteiger partial charge in [-0.2, -0.15) is 12.6 Å². The lowest BCUT2D eigenvalue weighted by Gasteiger charge is -2.43. The summed E-state index contributed by atoms with van der Waals surface area (Å²) in [5.41, 5.74) is 4.82. The van der Waals surface area contributed by atoms with Crippen LogP contribution in [-0.4, -0.2) is 69.3 Å². The highest BCUT2D eigenvalue weighted by Gasteiger charge is 2.48. The van der Waals surface area contributed by atoms with Crippen molar-refractivity contribution in [3.05, 3.63) is 60.6 Å². The molecule has 1 amide bonds. The molecule has 0 radical (unpaired) electrons. The summed E-state index contributed by atoms with van der Waals surface area (Å²) in [5.74, 6) is 0.485. The third kappa shape index (κ3) is 4.55. The van der Waals surface area contributed by atoms with Gasteiger partial charge < -0.3 is 14.5 Å². The lowest BCUT2D eigenvalue weighted by atomic mass is 9.97. The van der Waals surface area contributed by atoms with Gasteiger partial charge in [-0.15, -0.1) is 0 Å². The predicted octanol–water partition coefficient (Wildman–Crippen LogP) is 4.41. The van der Waals surface area contributed by atoms with Crippen molar-refractivity contribution in [2.75, 3.05) is 24.2 Å². The van der Waals surface area contributed by atoms with Crippen LogP contribution in [0.1, 0.15) is 37.3 Å². The van der Waals surface area contributed by atoms with E-state index in [0.29, 0.717) is 13.1 Å². The van der Waals surface area contributed by atoms with Gasteiger partial charge in [0.05, 0.1) is 23.0 Å². The quantitative estimate of drug-likeness (QED) is 0.387. The average Bonchev–Trinajstić information content (AvgIpc) is 3.20. The molecule has 6 rings (SSSR count). The van der Waals surface area contributed by atoms with Crippen LogP contribution in [0, 0.1) is 0 Å². The second kappa shape index (κ2) is 10.9. The molecule has 3 unspecified atom stereocenters. The number of thiol groups is 1.